The van der Waals surface area contributed by atoms with Gasteiger partial charge in [-0.2, -0.15) is 0 Å². The highest BCUT2D eigenvalue weighted by atomic mass is 32.1. The molecule has 1 aliphatic heterocycles. The van der Waals surface area contributed by atoms with Crippen LogP contribution in [0.4, 0.5) is 5.69 Å². The van der Waals surface area contributed by atoms with Gasteiger partial charge >= 0.3 is 0 Å². The monoisotopic (exact) mass is 427 g/mol. The van der Waals surface area contributed by atoms with Crippen LogP contribution in [0.3, 0.4) is 0 Å². The Balaban J connectivity index is 1.77. The molecule has 2 aromatic carbocycles. The van der Waals surface area contributed by atoms with Crippen molar-refractivity contribution >= 4 is 34.8 Å². The second kappa shape index (κ2) is 9.58. The Morgan fingerprint density at radius 1 is 1.07 bits per heavy atom. The van der Waals surface area contributed by atoms with Gasteiger partial charge in [0.2, 0.25) is 5.91 Å². The Morgan fingerprint density at radius 3 is 2.17 bits per heavy atom. The van der Waals surface area contributed by atoms with Crippen LogP contribution in [-0.2, 0) is 16.0 Å². The van der Waals surface area contributed by atoms with E-state index in [-0.39, 0.29) is 18.2 Å². The number of amides is 2. The van der Waals surface area contributed by atoms with E-state index in [1.54, 1.807) is 50.4 Å². The topological polar surface area (TPSA) is 71.1 Å². The Bertz CT molecular complexity index is 915. The van der Waals surface area contributed by atoms with E-state index in [1.807, 2.05) is 24.3 Å². The lowest BCUT2D eigenvalue weighted by atomic mass is 10.1. The van der Waals surface area contributed by atoms with Gasteiger partial charge in [-0.1, -0.05) is 12.1 Å². The number of anilines is 1. The van der Waals surface area contributed by atoms with Gasteiger partial charge in [0, 0.05) is 13.6 Å². The first-order chi connectivity index (χ1) is 14.5. The Kier molecular flexibility index (Phi) is 6.89. The van der Waals surface area contributed by atoms with E-state index in [9.17, 15) is 9.59 Å². The molecule has 0 saturated carbocycles. The van der Waals surface area contributed by atoms with E-state index in [4.69, 9.17) is 21.7 Å². The molecule has 0 radical (unpaired) electrons. The third kappa shape index (κ3) is 4.54. The zero-order valence-corrected chi connectivity index (χ0v) is 18.1. The number of thiocarbonyl (C=S) groups is 1. The van der Waals surface area contributed by atoms with E-state index in [0.29, 0.717) is 29.5 Å². The molecule has 2 amide bonds. The van der Waals surface area contributed by atoms with Crippen molar-refractivity contribution in [2.45, 2.75) is 18.9 Å². The molecule has 1 aliphatic rings. The predicted octanol–water partition coefficient (Wildman–Crippen LogP) is 2.38. The molecule has 0 bridgehead atoms. The summed E-state index contributed by atoms with van der Waals surface area (Å²) in [7, 11) is 4.90. The molecular formula is C22H25N3O4S. The van der Waals surface area contributed by atoms with Crippen molar-refractivity contribution in [2.24, 2.45) is 0 Å². The normalized spacial score (nSPS) is 15.8. The number of carbonyl (C=O) groups excluding carboxylic acids is 2. The fourth-order valence-electron chi connectivity index (χ4n) is 3.45. The Labute approximate surface area is 181 Å². The lowest BCUT2D eigenvalue weighted by Gasteiger charge is -2.29. The van der Waals surface area contributed by atoms with Gasteiger partial charge in [0.1, 0.15) is 17.5 Å². The summed E-state index contributed by atoms with van der Waals surface area (Å²) in [6.45, 7) is 0.506. The molecule has 1 saturated heterocycles. The van der Waals surface area contributed by atoms with E-state index < -0.39 is 6.04 Å². The van der Waals surface area contributed by atoms with Gasteiger partial charge in [-0.3, -0.25) is 9.59 Å². The minimum atomic E-state index is -0.641. The first-order valence-electron chi connectivity index (χ1n) is 9.60. The van der Waals surface area contributed by atoms with Crippen LogP contribution in [0.1, 0.15) is 12.0 Å². The minimum absolute atomic E-state index is 0.0787. The lowest BCUT2D eigenvalue weighted by molar-refractivity contribution is -0.122. The molecular weight excluding hydrogens is 402 g/mol. The molecule has 1 fully saturated rings. The first kappa shape index (κ1) is 21.6. The van der Waals surface area contributed by atoms with Gasteiger partial charge in [-0.25, -0.2) is 4.90 Å². The summed E-state index contributed by atoms with van der Waals surface area (Å²) in [6.07, 6.45) is 0.752. The quantitative estimate of drug-likeness (QED) is 0.537. The number of carbonyl (C=O) groups is 2. The Morgan fingerprint density at radius 2 is 1.63 bits per heavy atom. The van der Waals surface area contributed by atoms with Crippen LogP contribution in [0.2, 0.25) is 0 Å². The summed E-state index contributed by atoms with van der Waals surface area (Å²) in [5.74, 6) is 0.918. The van der Waals surface area contributed by atoms with Crippen molar-refractivity contribution < 1.29 is 19.1 Å². The molecule has 1 N–H and O–H groups in total. The second-order valence-electron chi connectivity index (χ2n) is 6.83. The van der Waals surface area contributed by atoms with E-state index >= 15 is 0 Å². The molecule has 8 heteroatoms. The number of hydrogen-bond donors (Lipinski definition) is 1. The molecule has 0 spiro atoms. The van der Waals surface area contributed by atoms with Crippen LogP contribution in [0, 0.1) is 0 Å². The van der Waals surface area contributed by atoms with Crippen LogP contribution in [0.5, 0.6) is 11.5 Å². The molecule has 158 valence electrons. The highest BCUT2D eigenvalue weighted by Crippen LogP contribution is 2.27. The summed E-state index contributed by atoms with van der Waals surface area (Å²) >= 11 is 5.44. The van der Waals surface area contributed by atoms with Gasteiger partial charge in [0.25, 0.3) is 5.91 Å². The minimum Gasteiger partial charge on any atom is -0.497 e. The standard InChI is InChI=1S/C22H25N3O4S/c1-23-22(30)24(13-12-15-4-8-17(28-2)9-5-15)19-14-20(26)25(21(19)27)16-6-10-18(29-3)11-7-16/h4-11,19H,12-14H2,1-3H3,(H,23,30). The van der Waals surface area contributed by atoms with Crippen molar-refractivity contribution in [3.05, 3.63) is 54.1 Å². The molecule has 30 heavy (non-hydrogen) atoms. The van der Waals surface area contributed by atoms with Crippen molar-refractivity contribution in [3.63, 3.8) is 0 Å². The highest BCUT2D eigenvalue weighted by Gasteiger charge is 2.43. The molecule has 3 rings (SSSR count). The smallest absolute Gasteiger partial charge is 0.257 e. The van der Waals surface area contributed by atoms with Crippen LogP contribution in [-0.4, -0.2) is 55.7 Å². The average molecular weight is 428 g/mol. The molecule has 2 aromatic rings. The van der Waals surface area contributed by atoms with E-state index in [2.05, 4.69) is 5.32 Å². The van der Waals surface area contributed by atoms with Crippen molar-refractivity contribution in [1.82, 2.24) is 10.2 Å². The van der Waals surface area contributed by atoms with Crippen LogP contribution in [0.15, 0.2) is 48.5 Å². The molecule has 7 nitrogen and oxygen atoms in total. The first-order valence-corrected chi connectivity index (χ1v) is 10.0. The van der Waals surface area contributed by atoms with Crippen molar-refractivity contribution in [1.29, 1.82) is 0 Å². The number of nitrogens with zero attached hydrogens (tertiary/aromatic N) is 2. The van der Waals surface area contributed by atoms with Crippen LogP contribution in [0.25, 0.3) is 0 Å². The lowest BCUT2D eigenvalue weighted by Crippen LogP contribution is -2.49. The fourth-order valence-corrected chi connectivity index (χ4v) is 3.66. The number of ether oxygens (including phenoxy) is 2. The number of rotatable bonds is 7. The van der Waals surface area contributed by atoms with Gasteiger partial charge < -0.3 is 19.7 Å². The number of benzene rings is 2. The molecule has 1 heterocycles. The maximum Gasteiger partial charge on any atom is 0.257 e. The summed E-state index contributed by atoms with van der Waals surface area (Å²) < 4.78 is 10.3. The summed E-state index contributed by atoms with van der Waals surface area (Å²) in [4.78, 5) is 28.9. The predicted molar refractivity (Wildman–Crippen MR) is 119 cm³/mol. The maximum absolute atomic E-state index is 13.2. The number of hydrogen-bond acceptors (Lipinski definition) is 5. The maximum atomic E-state index is 13.2. The largest absolute Gasteiger partial charge is 0.497 e. The SMILES string of the molecule is CNC(=S)N(CCc1ccc(OC)cc1)C1CC(=O)N(c2ccc(OC)cc2)C1=O. The number of imide groups is 1. The summed E-state index contributed by atoms with van der Waals surface area (Å²) in [5, 5.41) is 3.38. The summed E-state index contributed by atoms with van der Waals surface area (Å²) in [5.41, 5.74) is 1.61. The third-order valence-electron chi connectivity index (χ3n) is 5.10. The highest BCUT2D eigenvalue weighted by molar-refractivity contribution is 7.80. The molecule has 0 aliphatic carbocycles. The van der Waals surface area contributed by atoms with Crippen LogP contribution >= 0.6 is 12.2 Å². The van der Waals surface area contributed by atoms with E-state index in [1.165, 1.54) is 4.90 Å². The second-order valence-corrected chi connectivity index (χ2v) is 7.22. The van der Waals surface area contributed by atoms with Crippen molar-refractivity contribution in [2.75, 3.05) is 32.7 Å². The van der Waals surface area contributed by atoms with Gasteiger partial charge in [-0.05, 0) is 60.6 Å². The molecule has 0 aromatic heterocycles. The molecule has 1 atom stereocenters. The van der Waals surface area contributed by atoms with Crippen molar-refractivity contribution in [3.8, 4) is 11.5 Å². The number of methoxy groups -OCH3 is 2. The number of nitrogens with one attached hydrogen (secondary N) is 1. The zero-order valence-electron chi connectivity index (χ0n) is 17.3. The van der Waals surface area contributed by atoms with E-state index in [0.717, 1.165) is 11.3 Å². The third-order valence-corrected chi connectivity index (χ3v) is 5.54. The fraction of sp³-hybridized carbons (Fsp3) is 0.318. The average Bonchev–Trinajstić information content (AvgIpc) is 3.07. The molecule has 1 unspecified atom stereocenters. The van der Waals surface area contributed by atoms with Crippen LogP contribution < -0.4 is 19.7 Å². The van der Waals surface area contributed by atoms with Gasteiger partial charge in [0.05, 0.1) is 26.3 Å². The van der Waals surface area contributed by atoms with Gasteiger partial charge in [-0.15, -0.1) is 0 Å². The Hall–Kier alpha value is -3.13. The zero-order chi connectivity index (χ0) is 21.7. The van der Waals surface area contributed by atoms with Gasteiger partial charge in [0.15, 0.2) is 5.11 Å². The summed E-state index contributed by atoms with van der Waals surface area (Å²) in [6, 6.07) is 14.0.